The maximum atomic E-state index is 13.6. The number of halogens is 1. The van der Waals surface area contributed by atoms with Crippen molar-refractivity contribution in [1.29, 1.82) is 0 Å². The summed E-state index contributed by atoms with van der Waals surface area (Å²) in [5.74, 6) is -7.86. The van der Waals surface area contributed by atoms with Crippen molar-refractivity contribution in [3.63, 3.8) is 0 Å². The lowest BCUT2D eigenvalue weighted by Crippen LogP contribution is -2.85. The molecule has 1 unspecified atom stereocenters. The third kappa shape index (κ3) is 5.39. The van der Waals surface area contributed by atoms with Crippen molar-refractivity contribution < 1.29 is 59.6 Å². The molecule has 4 saturated heterocycles. The van der Waals surface area contributed by atoms with Crippen LogP contribution in [0.25, 0.3) is 0 Å². The zero-order chi connectivity index (χ0) is 46.7. The molecule has 0 amide bonds. The molecule has 9 N–H and O–H groups in total. The fourth-order valence-electron chi connectivity index (χ4n) is 15.9. The summed E-state index contributed by atoms with van der Waals surface area (Å²) >= 11 is 9.49. The summed E-state index contributed by atoms with van der Waals surface area (Å²) in [5, 5.41) is 77.4. The Labute approximate surface area is 385 Å². The van der Waals surface area contributed by atoms with Gasteiger partial charge in [0.25, 0.3) is 0 Å². The predicted octanol–water partition coefficient (Wildman–Crippen LogP) is 2.74. The fraction of sp³-hybridized carbons (Fsp3) is 0.761. The number of fused-ring (bicyclic) bond motifs is 5. The first kappa shape index (κ1) is 47.6. The molecule has 0 aromatic carbocycles. The van der Waals surface area contributed by atoms with Crippen LogP contribution in [0.15, 0.2) is 24.3 Å². The van der Waals surface area contributed by atoms with E-state index in [1.54, 1.807) is 25.2 Å². The lowest BCUT2D eigenvalue weighted by atomic mass is 9.36. The summed E-state index contributed by atoms with van der Waals surface area (Å²) < 4.78 is 11.8. The Bertz CT molecular complexity index is 2190. The SMILES string of the molecule is C=C1C(=O)[C@]23[C@H](O)[C@H]1CC[C@H]2[C@@]12CO[C@@]3(O)[C@@H](O)[C@@H]1C(C)(C)CC(Br)C2=O.C=C1C(=O)[C@]23[C@H](O)[C@H]1CC[C@H]2[C@@]12CO[C@@]3(O)[C@@H](O)[C@@H]1C(C)(C)Cc1sc(C)nc12.CC(N)=S.CCO. The Morgan fingerprint density at radius 1 is 0.825 bits per heavy atom. The van der Waals surface area contributed by atoms with Gasteiger partial charge in [0.1, 0.15) is 23.0 Å². The molecule has 5 heterocycles. The number of Topliss-reactive ketones (excluding diaryl/α,β-unsaturated/α-hetero) is 3. The molecule has 17 heteroatoms. The van der Waals surface area contributed by atoms with E-state index in [-0.39, 0.29) is 60.1 Å². The Hall–Kier alpha value is -1.87. The number of aryl methyl sites for hydroxylation is 1. The van der Waals surface area contributed by atoms with Crippen molar-refractivity contribution in [2.45, 2.75) is 133 Å². The molecular weight excluding hydrogens is 917 g/mol. The average Bonchev–Trinajstić information content (AvgIpc) is 3.63. The highest BCUT2D eigenvalue weighted by atomic mass is 79.9. The van der Waals surface area contributed by atoms with E-state index in [1.165, 1.54) is 4.88 Å². The van der Waals surface area contributed by atoms with Crippen LogP contribution in [0.4, 0.5) is 0 Å². The van der Waals surface area contributed by atoms with Crippen molar-refractivity contribution in [3.8, 4) is 0 Å². The Morgan fingerprint density at radius 2 is 1.24 bits per heavy atom. The van der Waals surface area contributed by atoms with Gasteiger partial charge in [-0.3, -0.25) is 14.4 Å². The number of nitrogens with two attached hydrogens (primary N) is 1. The molecule has 4 spiro atoms. The number of ether oxygens (including phenoxy) is 2. The molecule has 348 valence electrons. The van der Waals surface area contributed by atoms with Gasteiger partial charge in [0.2, 0.25) is 11.6 Å². The van der Waals surface area contributed by atoms with E-state index in [1.807, 2.05) is 20.8 Å². The fourth-order valence-corrected chi connectivity index (χ4v) is 18.5. The van der Waals surface area contributed by atoms with Gasteiger partial charge < -0.3 is 51.0 Å². The Kier molecular flexibility index (Phi) is 11.2. The van der Waals surface area contributed by atoms with Crippen molar-refractivity contribution in [1.82, 2.24) is 4.98 Å². The summed E-state index contributed by atoms with van der Waals surface area (Å²) in [6.07, 6.45) is -1.37. The van der Waals surface area contributed by atoms with Crippen molar-refractivity contribution >= 4 is 61.8 Å². The molecule has 17 atom stereocenters. The highest BCUT2D eigenvalue weighted by molar-refractivity contribution is 9.10. The van der Waals surface area contributed by atoms with Crippen LogP contribution < -0.4 is 5.73 Å². The number of hydrogen-bond donors (Lipinski definition) is 8. The van der Waals surface area contributed by atoms with Gasteiger partial charge in [0, 0.05) is 40.6 Å². The lowest BCUT2D eigenvalue weighted by molar-refractivity contribution is -0.437. The van der Waals surface area contributed by atoms with Gasteiger partial charge in [-0.05, 0) is 93.1 Å². The van der Waals surface area contributed by atoms with Gasteiger partial charge in [-0.2, -0.15) is 0 Å². The van der Waals surface area contributed by atoms with Gasteiger partial charge in [-0.1, -0.05) is 69.0 Å². The van der Waals surface area contributed by atoms with E-state index in [4.69, 9.17) is 25.3 Å². The summed E-state index contributed by atoms with van der Waals surface area (Å²) in [4.78, 5) is 46.7. The molecule has 4 aliphatic heterocycles. The van der Waals surface area contributed by atoms with Crippen LogP contribution in [0.2, 0.25) is 0 Å². The van der Waals surface area contributed by atoms with Crippen LogP contribution in [0, 0.1) is 69.5 Å². The Morgan fingerprint density at radius 3 is 1.70 bits per heavy atom. The molecule has 13 rings (SSSR count). The number of rotatable bonds is 0. The molecule has 8 bridgehead atoms. The van der Waals surface area contributed by atoms with E-state index in [0.717, 1.165) is 17.1 Å². The number of aromatic nitrogens is 1. The first-order valence-electron chi connectivity index (χ1n) is 22.1. The minimum atomic E-state index is -2.21. The number of hydrogen-bond acceptors (Lipinski definition) is 15. The molecular formula is C46H63BrN2O12S2. The van der Waals surface area contributed by atoms with Gasteiger partial charge in [-0.15, -0.1) is 11.3 Å². The topological polar surface area (TPSA) is 250 Å². The molecule has 0 radical (unpaired) electrons. The Balaban J connectivity index is 0.000000151. The number of nitrogens with zero attached hydrogens (tertiary/aromatic N) is 1. The molecule has 1 aromatic rings. The zero-order valence-corrected chi connectivity index (χ0v) is 40.2. The summed E-state index contributed by atoms with van der Waals surface area (Å²) in [7, 11) is 0. The summed E-state index contributed by atoms with van der Waals surface area (Å²) in [6, 6.07) is 0. The standard InChI is InChI=1S/C22H27NO5S.C20H25BrO6.C2H5NS.C2H6O/c1-9-11-5-6-13-20-8-28-22(27,21(13,16(9)24)17(11)25)18(26)14(20)19(3,4)7-12-15(20)23-10(2)29-12;1-8-9-4-5-11-18-7-27-20(26,19(11,13(8)22)14(9)23)16(25)12(18)17(2,3)6-10(21)15(18)24;1-2(3)4;1-2-3/h11,13-14,17-18,25-27H,1,5-8H2,2-4H3;9-12,14,16,23,25-26H,1,4-7H2,2-3H3;1H3,(H2,3,4);3H,2H2,1H3/t11-,13-,14+,17+,18-,20-,21-,22-;9-,10?,11-,12+,14+,16-,18-,19-,20-;;/m00../s1. The molecule has 11 fully saturated rings. The van der Waals surface area contributed by atoms with Crippen LogP contribution in [0.5, 0.6) is 0 Å². The maximum Gasteiger partial charge on any atom is 0.208 e. The average molecular weight is 980 g/mol. The van der Waals surface area contributed by atoms with Gasteiger partial charge >= 0.3 is 0 Å². The van der Waals surface area contributed by atoms with Crippen molar-refractivity contribution in [2.24, 2.45) is 68.3 Å². The quantitative estimate of drug-likeness (QED) is 0.106. The molecule has 7 saturated carbocycles. The van der Waals surface area contributed by atoms with E-state index < -0.39 is 91.4 Å². The third-order valence-corrected chi connectivity index (χ3v) is 19.3. The number of carbonyl (C=O) groups is 3. The molecule has 14 nitrogen and oxygen atoms in total. The van der Waals surface area contributed by atoms with Crippen LogP contribution in [-0.2, 0) is 35.7 Å². The second kappa shape index (κ2) is 14.8. The first-order valence-corrected chi connectivity index (χ1v) is 24.2. The minimum absolute atomic E-state index is 0.0425. The van der Waals surface area contributed by atoms with E-state index in [2.05, 4.69) is 55.2 Å². The minimum Gasteiger partial charge on any atom is -0.397 e. The highest BCUT2D eigenvalue weighted by Crippen LogP contribution is 2.78. The van der Waals surface area contributed by atoms with Gasteiger partial charge in [0.15, 0.2) is 17.3 Å². The van der Waals surface area contributed by atoms with Crippen LogP contribution in [0.3, 0.4) is 0 Å². The summed E-state index contributed by atoms with van der Waals surface area (Å²) in [5.41, 5.74) is 0.472. The normalized spacial score (nSPS) is 49.4. The van der Waals surface area contributed by atoms with E-state index >= 15 is 0 Å². The highest BCUT2D eigenvalue weighted by Gasteiger charge is 2.89. The van der Waals surface area contributed by atoms with Crippen LogP contribution in [-0.4, -0.2) is 124 Å². The van der Waals surface area contributed by atoms with Crippen molar-refractivity contribution in [3.05, 3.63) is 39.9 Å². The van der Waals surface area contributed by atoms with E-state index in [0.29, 0.717) is 42.7 Å². The molecule has 1 aromatic heterocycles. The molecule has 63 heavy (non-hydrogen) atoms. The smallest absolute Gasteiger partial charge is 0.208 e. The third-order valence-electron chi connectivity index (χ3n) is 17.6. The van der Waals surface area contributed by atoms with Gasteiger partial charge in [-0.25, -0.2) is 4.98 Å². The van der Waals surface area contributed by atoms with E-state index in [9.17, 15) is 45.0 Å². The molecule has 12 aliphatic rings. The largest absolute Gasteiger partial charge is 0.397 e. The van der Waals surface area contributed by atoms with Gasteiger partial charge in [0.05, 0.1) is 51.4 Å². The number of aliphatic hydroxyl groups excluding tert-OH is 5. The monoisotopic (exact) mass is 978 g/mol. The first-order chi connectivity index (χ1) is 29.2. The van der Waals surface area contributed by atoms with Crippen LogP contribution >= 0.6 is 39.5 Å². The number of thiazole rings is 1. The number of carbonyl (C=O) groups excluding carboxylic acids is 3. The maximum absolute atomic E-state index is 13.6. The number of aliphatic hydroxyl groups is 7. The predicted molar refractivity (Wildman–Crippen MR) is 238 cm³/mol. The second-order valence-electron chi connectivity index (χ2n) is 21.3. The number of alkyl halides is 1. The second-order valence-corrected chi connectivity index (χ2v) is 24.4. The number of thiocarbonyl (C=S) groups is 1. The number of ketones is 3. The van der Waals surface area contributed by atoms with Crippen molar-refractivity contribution in [2.75, 3.05) is 19.8 Å². The molecule has 8 aliphatic carbocycles. The lowest BCUT2D eigenvalue weighted by Gasteiger charge is -2.73. The summed E-state index contributed by atoms with van der Waals surface area (Å²) in [6.45, 7) is 21.8. The van der Waals surface area contributed by atoms with Crippen LogP contribution in [0.1, 0.15) is 89.2 Å². The zero-order valence-electron chi connectivity index (χ0n) is 37.0.